The standard InChI is InChI=1S/C12H14N4O2/c1-2-3-11-12(15-13)7-8-6-9(16(17)18)4-5-10(8)14-11/h4-7,15H,2-3,13H2,1H3. The van der Waals surface area contributed by atoms with Gasteiger partial charge in [0.15, 0.2) is 0 Å². The van der Waals surface area contributed by atoms with Crippen molar-refractivity contribution >= 4 is 22.3 Å². The highest BCUT2D eigenvalue weighted by Crippen LogP contribution is 2.24. The van der Waals surface area contributed by atoms with Crippen LogP contribution in [0.5, 0.6) is 0 Å². The first-order valence-electron chi connectivity index (χ1n) is 5.70. The Morgan fingerprint density at radius 1 is 1.44 bits per heavy atom. The maximum absolute atomic E-state index is 10.7. The third kappa shape index (κ3) is 2.23. The number of nitrogens with two attached hydrogens (primary N) is 1. The van der Waals surface area contributed by atoms with Crippen LogP contribution in [0.15, 0.2) is 24.3 Å². The van der Waals surface area contributed by atoms with Gasteiger partial charge in [-0.25, -0.2) is 0 Å². The lowest BCUT2D eigenvalue weighted by Gasteiger charge is -2.09. The summed E-state index contributed by atoms with van der Waals surface area (Å²) in [5, 5.41) is 11.4. The van der Waals surface area contributed by atoms with E-state index in [1.807, 2.05) is 0 Å². The molecule has 3 N–H and O–H groups in total. The normalized spacial score (nSPS) is 10.6. The van der Waals surface area contributed by atoms with Crippen molar-refractivity contribution in [2.75, 3.05) is 5.43 Å². The molecule has 0 fully saturated rings. The maximum Gasteiger partial charge on any atom is 0.270 e. The molecule has 0 amide bonds. The van der Waals surface area contributed by atoms with Crippen molar-refractivity contribution in [2.24, 2.45) is 5.84 Å². The van der Waals surface area contributed by atoms with Crippen LogP contribution in [-0.4, -0.2) is 9.91 Å². The van der Waals surface area contributed by atoms with Gasteiger partial charge in [0.2, 0.25) is 0 Å². The SMILES string of the molecule is CCCc1nc2ccc([N+](=O)[O-])cc2cc1NN. The number of nitro benzene ring substituents is 1. The fourth-order valence-corrected chi connectivity index (χ4v) is 1.87. The Balaban J connectivity index is 2.59. The minimum Gasteiger partial charge on any atom is -0.322 e. The van der Waals surface area contributed by atoms with Crippen LogP contribution in [-0.2, 0) is 6.42 Å². The summed E-state index contributed by atoms with van der Waals surface area (Å²) < 4.78 is 0. The minimum atomic E-state index is -0.422. The van der Waals surface area contributed by atoms with E-state index in [0.717, 1.165) is 24.1 Å². The molecule has 0 aliphatic heterocycles. The molecule has 1 aromatic heterocycles. The fourth-order valence-electron chi connectivity index (χ4n) is 1.87. The van der Waals surface area contributed by atoms with Crippen molar-refractivity contribution in [3.8, 4) is 0 Å². The van der Waals surface area contributed by atoms with Crippen molar-refractivity contribution in [3.63, 3.8) is 0 Å². The van der Waals surface area contributed by atoms with E-state index in [0.29, 0.717) is 11.1 Å². The number of aromatic nitrogens is 1. The zero-order valence-electron chi connectivity index (χ0n) is 10.0. The lowest BCUT2D eigenvalue weighted by molar-refractivity contribution is -0.384. The molecule has 0 aliphatic carbocycles. The monoisotopic (exact) mass is 246 g/mol. The Kier molecular flexibility index (Phi) is 3.38. The van der Waals surface area contributed by atoms with Gasteiger partial charge in [-0.3, -0.25) is 20.9 Å². The van der Waals surface area contributed by atoms with Crippen LogP contribution in [0.4, 0.5) is 11.4 Å². The topological polar surface area (TPSA) is 94.1 Å². The van der Waals surface area contributed by atoms with Crippen molar-refractivity contribution in [1.29, 1.82) is 0 Å². The Bertz CT molecular complexity index is 598. The predicted molar refractivity (Wildman–Crippen MR) is 70.2 cm³/mol. The number of aryl methyl sites for hydroxylation is 1. The molecule has 18 heavy (non-hydrogen) atoms. The number of non-ortho nitro benzene ring substituents is 1. The van der Waals surface area contributed by atoms with Gasteiger partial charge in [-0.15, -0.1) is 0 Å². The molecular formula is C12H14N4O2. The van der Waals surface area contributed by atoms with Crippen LogP contribution < -0.4 is 11.3 Å². The molecule has 2 rings (SSSR count). The van der Waals surface area contributed by atoms with Gasteiger partial charge in [0.25, 0.3) is 5.69 Å². The van der Waals surface area contributed by atoms with E-state index >= 15 is 0 Å². The molecule has 0 aliphatic rings. The number of nitrogens with one attached hydrogen (secondary N) is 1. The highest BCUT2D eigenvalue weighted by atomic mass is 16.6. The average molecular weight is 246 g/mol. The zero-order chi connectivity index (χ0) is 13.1. The molecular weight excluding hydrogens is 232 g/mol. The summed E-state index contributed by atoms with van der Waals surface area (Å²) in [6, 6.07) is 6.41. The molecule has 0 radical (unpaired) electrons. The molecule has 0 saturated heterocycles. The van der Waals surface area contributed by atoms with Gasteiger partial charge in [0.1, 0.15) is 0 Å². The van der Waals surface area contributed by atoms with Crippen LogP contribution in [0.25, 0.3) is 10.9 Å². The van der Waals surface area contributed by atoms with E-state index in [9.17, 15) is 10.1 Å². The summed E-state index contributed by atoms with van der Waals surface area (Å²) in [6.07, 6.45) is 1.77. The van der Waals surface area contributed by atoms with Crippen molar-refractivity contribution in [1.82, 2.24) is 4.98 Å². The molecule has 0 spiro atoms. The van der Waals surface area contributed by atoms with Gasteiger partial charge < -0.3 is 5.43 Å². The van der Waals surface area contributed by atoms with E-state index in [1.54, 1.807) is 12.1 Å². The first-order valence-corrected chi connectivity index (χ1v) is 5.70. The van der Waals surface area contributed by atoms with E-state index < -0.39 is 4.92 Å². The van der Waals surface area contributed by atoms with Gasteiger partial charge in [-0.2, -0.15) is 0 Å². The predicted octanol–water partition coefficient (Wildman–Crippen LogP) is 2.38. The van der Waals surface area contributed by atoms with Crippen LogP contribution in [0, 0.1) is 10.1 Å². The van der Waals surface area contributed by atoms with Gasteiger partial charge in [-0.1, -0.05) is 13.3 Å². The smallest absolute Gasteiger partial charge is 0.270 e. The Labute approximate surface area is 104 Å². The number of pyridine rings is 1. The van der Waals surface area contributed by atoms with Crippen LogP contribution in [0.2, 0.25) is 0 Å². The number of hydrogen-bond acceptors (Lipinski definition) is 5. The summed E-state index contributed by atoms with van der Waals surface area (Å²) in [5.41, 5.74) is 4.97. The minimum absolute atomic E-state index is 0.0514. The number of hydrazine groups is 1. The third-order valence-electron chi connectivity index (χ3n) is 2.73. The van der Waals surface area contributed by atoms with Crippen molar-refractivity contribution < 1.29 is 4.92 Å². The number of rotatable bonds is 4. The largest absolute Gasteiger partial charge is 0.322 e. The van der Waals surface area contributed by atoms with Gasteiger partial charge in [0.05, 0.1) is 21.8 Å². The molecule has 94 valence electrons. The van der Waals surface area contributed by atoms with E-state index in [2.05, 4.69) is 17.3 Å². The molecule has 1 aromatic carbocycles. The van der Waals surface area contributed by atoms with E-state index in [1.165, 1.54) is 12.1 Å². The van der Waals surface area contributed by atoms with Crippen molar-refractivity contribution in [2.45, 2.75) is 19.8 Å². The average Bonchev–Trinajstić information content (AvgIpc) is 2.37. The molecule has 0 atom stereocenters. The highest BCUT2D eigenvalue weighted by molar-refractivity contribution is 5.84. The highest BCUT2D eigenvalue weighted by Gasteiger charge is 2.10. The maximum atomic E-state index is 10.7. The summed E-state index contributed by atoms with van der Waals surface area (Å²) in [6.45, 7) is 2.06. The number of nitrogen functional groups attached to an aromatic ring is 1. The second-order valence-corrected chi connectivity index (χ2v) is 4.01. The fraction of sp³-hybridized carbons (Fsp3) is 0.250. The van der Waals surface area contributed by atoms with E-state index in [4.69, 9.17) is 5.84 Å². The number of anilines is 1. The summed E-state index contributed by atoms with van der Waals surface area (Å²) in [7, 11) is 0. The Morgan fingerprint density at radius 2 is 2.22 bits per heavy atom. The molecule has 0 saturated carbocycles. The molecule has 6 heteroatoms. The Morgan fingerprint density at radius 3 is 2.83 bits per heavy atom. The number of hydrogen-bond donors (Lipinski definition) is 2. The lowest BCUT2D eigenvalue weighted by Crippen LogP contribution is -2.10. The van der Waals surface area contributed by atoms with Crippen LogP contribution in [0.3, 0.4) is 0 Å². The van der Waals surface area contributed by atoms with Gasteiger partial charge >= 0.3 is 0 Å². The summed E-state index contributed by atoms with van der Waals surface area (Å²) in [5.74, 6) is 5.45. The molecule has 2 aromatic rings. The lowest BCUT2D eigenvalue weighted by atomic mass is 10.1. The van der Waals surface area contributed by atoms with Gasteiger partial charge in [-0.05, 0) is 18.6 Å². The van der Waals surface area contributed by atoms with Gasteiger partial charge in [0, 0.05) is 17.5 Å². The second kappa shape index (κ2) is 4.97. The van der Waals surface area contributed by atoms with Crippen molar-refractivity contribution in [3.05, 3.63) is 40.1 Å². The van der Waals surface area contributed by atoms with E-state index in [-0.39, 0.29) is 5.69 Å². The zero-order valence-corrected chi connectivity index (χ0v) is 10.0. The molecule has 6 nitrogen and oxygen atoms in total. The first kappa shape index (κ1) is 12.3. The Hall–Kier alpha value is -2.21. The summed E-state index contributed by atoms with van der Waals surface area (Å²) in [4.78, 5) is 14.8. The molecule has 0 bridgehead atoms. The number of benzene rings is 1. The number of nitro groups is 1. The summed E-state index contributed by atoms with van der Waals surface area (Å²) >= 11 is 0. The van der Waals surface area contributed by atoms with Crippen LogP contribution in [0.1, 0.15) is 19.0 Å². The number of nitrogens with zero attached hydrogens (tertiary/aromatic N) is 2. The molecule has 0 unspecified atom stereocenters. The quantitative estimate of drug-likeness (QED) is 0.490. The first-order chi connectivity index (χ1) is 8.65. The third-order valence-corrected chi connectivity index (χ3v) is 2.73. The second-order valence-electron chi connectivity index (χ2n) is 4.01. The van der Waals surface area contributed by atoms with Crippen LogP contribution >= 0.6 is 0 Å². The molecule has 1 heterocycles. The number of fused-ring (bicyclic) bond motifs is 1.